The summed E-state index contributed by atoms with van der Waals surface area (Å²) in [5.74, 6) is 0. The van der Waals surface area contributed by atoms with Crippen LogP contribution in [-0.2, 0) is 4.74 Å². The Bertz CT molecular complexity index is 231. The number of halogens is 3. The SMILES string of the molecule is C=COC(CC(O)CCC(O)CCC)C(F)(F)F. The van der Waals surface area contributed by atoms with Gasteiger partial charge in [-0.05, 0) is 19.3 Å². The van der Waals surface area contributed by atoms with E-state index in [4.69, 9.17) is 0 Å². The molecule has 0 spiro atoms. The minimum absolute atomic E-state index is 0.119. The third-order valence-corrected chi connectivity index (χ3v) is 2.57. The Morgan fingerprint density at radius 3 is 2.17 bits per heavy atom. The maximum atomic E-state index is 12.5. The molecule has 2 N–H and O–H groups in total. The topological polar surface area (TPSA) is 49.7 Å². The van der Waals surface area contributed by atoms with Crippen LogP contribution >= 0.6 is 0 Å². The fraction of sp³-hybridized carbons (Fsp3) is 0.833. The number of ether oxygens (including phenoxy) is 1. The molecule has 3 atom stereocenters. The molecule has 0 aromatic heterocycles. The lowest BCUT2D eigenvalue weighted by atomic mass is 10.0. The molecule has 0 heterocycles. The zero-order chi connectivity index (χ0) is 14.2. The van der Waals surface area contributed by atoms with Crippen LogP contribution in [0.15, 0.2) is 12.8 Å². The van der Waals surface area contributed by atoms with Gasteiger partial charge in [-0.1, -0.05) is 19.9 Å². The Balaban J connectivity index is 4.10. The number of hydrogen-bond acceptors (Lipinski definition) is 3. The van der Waals surface area contributed by atoms with Gasteiger partial charge in [0.2, 0.25) is 0 Å². The second-order valence-corrected chi connectivity index (χ2v) is 4.24. The van der Waals surface area contributed by atoms with Crippen LogP contribution in [-0.4, -0.2) is 34.7 Å². The van der Waals surface area contributed by atoms with Crippen LogP contribution in [0, 0.1) is 0 Å². The molecule has 0 radical (unpaired) electrons. The van der Waals surface area contributed by atoms with Crippen LogP contribution in [0.5, 0.6) is 0 Å². The van der Waals surface area contributed by atoms with Crippen molar-refractivity contribution in [3.8, 4) is 0 Å². The molecule has 0 saturated carbocycles. The fourth-order valence-electron chi connectivity index (χ4n) is 1.61. The quantitative estimate of drug-likeness (QED) is 0.633. The van der Waals surface area contributed by atoms with E-state index in [0.717, 1.165) is 12.7 Å². The Kier molecular flexibility index (Phi) is 8.02. The number of rotatable bonds is 9. The summed E-state index contributed by atoms with van der Waals surface area (Å²) in [6.45, 7) is 4.98. The summed E-state index contributed by atoms with van der Waals surface area (Å²) in [6, 6.07) is 0. The summed E-state index contributed by atoms with van der Waals surface area (Å²) in [4.78, 5) is 0. The van der Waals surface area contributed by atoms with Gasteiger partial charge in [-0.3, -0.25) is 0 Å². The lowest BCUT2D eigenvalue weighted by molar-refractivity contribution is -0.213. The highest BCUT2D eigenvalue weighted by Crippen LogP contribution is 2.27. The van der Waals surface area contributed by atoms with E-state index >= 15 is 0 Å². The molecule has 108 valence electrons. The van der Waals surface area contributed by atoms with Crippen molar-refractivity contribution in [2.75, 3.05) is 0 Å². The molecule has 0 aromatic rings. The van der Waals surface area contributed by atoms with Crippen LogP contribution < -0.4 is 0 Å². The summed E-state index contributed by atoms with van der Waals surface area (Å²) in [5, 5.41) is 18.9. The van der Waals surface area contributed by atoms with Gasteiger partial charge >= 0.3 is 6.18 Å². The molecule has 0 bridgehead atoms. The standard InChI is InChI=1S/C12H21F3O3/c1-3-5-9(16)6-7-10(17)8-11(18-4-2)12(13,14)15/h4,9-11,16-17H,2-3,5-8H2,1H3. The van der Waals surface area contributed by atoms with Gasteiger partial charge < -0.3 is 14.9 Å². The molecule has 0 fully saturated rings. The molecule has 0 saturated heterocycles. The van der Waals surface area contributed by atoms with E-state index < -0.39 is 30.9 Å². The summed E-state index contributed by atoms with van der Waals surface area (Å²) < 4.78 is 41.7. The highest BCUT2D eigenvalue weighted by atomic mass is 19.4. The van der Waals surface area contributed by atoms with E-state index in [2.05, 4.69) is 11.3 Å². The van der Waals surface area contributed by atoms with Crippen LogP contribution in [0.1, 0.15) is 39.0 Å². The number of alkyl halides is 3. The Morgan fingerprint density at radius 1 is 1.17 bits per heavy atom. The van der Waals surface area contributed by atoms with Gasteiger partial charge in [0.25, 0.3) is 0 Å². The summed E-state index contributed by atoms with van der Waals surface area (Å²) >= 11 is 0. The highest BCUT2D eigenvalue weighted by Gasteiger charge is 2.42. The van der Waals surface area contributed by atoms with Gasteiger partial charge in [0.15, 0.2) is 6.10 Å². The molecule has 0 aromatic carbocycles. The first-order valence-electron chi connectivity index (χ1n) is 6.00. The average Bonchev–Trinajstić information content (AvgIpc) is 2.25. The normalized spacial score (nSPS) is 17.0. The van der Waals surface area contributed by atoms with Crippen LogP contribution in [0.2, 0.25) is 0 Å². The van der Waals surface area contributed by atoms with Crippen molar-refractivity contribution in [2.45, 2.75) is 63.5 Å². The van der Waals surface area contributed by atoms with Crippen molar-refractivity contribution in [1.29, 1.82) is 0 Å². The van der Waals surface area contributed by atoms with Gasteiger partial charge in [-0.25, -0.2) is 0 Å². The maximum absolute atomic E-state index is 12.5. The molecular formula is C12H21F3O3. The molecule has 0 aliphatic carbocycles. The average molecular weight is 270 g/mol. The first kappa shape index (κ1) is 17.2. The minimum atomic E-state index is -4.53. The summed E-state index contributed by atoms with van der Waals surface area (Å²) in [6.07, 6.45) is -6.35. The van der Waals surface area contributed by atoms with Gasteiger partial charge in [0.1, 0.15) is 0 Å². The summed E-state index contributed by atoms with van der Waals surface area (Å²) in [7, 11) is 0. The van der Waals surface area contributed by atoms with E-state index in [1.807, 2.05) is 6.92 Å². The maximum Gasteiger partial charge on any atom is 0.425 e. The molecule has 6 heteroatoms. The smallest absolute Gasteiger partial charge is 0.425 e. The third-order valence-electron chi connectivity index (χ3n) is 2.57. The number of aliphatic hydroxyl groups is 2. The molecule has 3 nitrogen and oxygen atoms in total. The molecule has 0 aliphatic heterocycles. The predicted molar refractivity (Wildman–Crippen MR) is 61.9 cm³/mol. The second-order valence-electron chi connectivity index (χ2n) is 4.24. The van der Waals surface area contributed by atoms with Gasteiger partial charge in [0.05, 0.1) is 18.5 Å². The number of hydrogen-bond donors (Lipinski definition) is 2. The van der Waals surface area contributed by atoms with E-state index in [1.54, 1.807) is 0 Å². The molecule has 3 unspecified atom stereocenters. The summed E-state index contributed by atoms with van der Waals surface area (Å²) in [5.41, 5.74) is 0. The molecule has 0 rings (SSSR count). The Morgan fingerprint density at radius 2 is 1.72 bits per heavy atom. The minimum Gasteiger partial charge on any atom is -0.489 e. The van der Waals surface area contributed by atoms with E-state index in [0.29, 0.717) is 6.42 Å². The van der Waals surface area contributed by atoms with Crippen molar-refractivity contribution in [3.63, 3.8) is 0 Å². The van der Waals surface area contributed by atoms with Gasteiger partial charge in [-0.15, -0.1) is 0 Å². The van der Waals surface area contributed by atoms with E-state index in [9.17, 15) is 23.4 Å². The van der Waals surface area contributed by atoms with Gasteiger partial charge in [-0.2, -0.15) is 13.2 Å². The Hall–Kier alpha value is -0.750. The van der Waals surface area contributed by atoms with Gasteiger partial charge in [0, 0.05) is 6.42 Å². The molecular weight excluding hydrogens is 249 g/mol. The van der Waals surface area contributed by atoms with Crippen molar-refractivity contribution in [3.05, 3.63) is 12.8 Å². The zero-order valence-electron chi connectivity index (χ0n) is 10.5. The lowest BCUT2D eigenvalue weighted by Crippen LogP contribution is -2.34. The van der Waals surface area contributed by atoms with Crippen molar-refractivity contribution in [2.24, 2.45) is 0 Å². The van der Waals surface area contributed by atoms with Crippen molar-refractivity contribution >= 4 is 0 Å². The molecule has 0 amide bonds. The van der Waals surface area contributed by atoms with Crippen LogP contribution in [0.3, 0.4) is 0 Å². The first-order chi connectivity index (χ1) is 8.31. The molecule has 18 heavy (non-hydrogen) atoms. The largest absolute Gasteiger partial charge is 0.489 e. The zero-order valence-corrected chi connectivity index (χ0v) is 10.5. The molecule has 0 aliphatic rings. The van der Waals surface area contributed by atoms with Crippen molar-refractivity contribution in [1.82, 2.24) is 0 Å². The fourth-order valence-corrected chi connectivity index (χ4v) is 1.61. The van der Waals surface area contributed by atoms with E-state index in [1.165, 1.54) is 0 Å². The highest BCUT2D eigenvalue weighted by molar-refractivity contribution is 4.75. The lowest BCUT2D eigenvalue weighted by Gasteiger charge is -2.22. The second kappa shape index (κ2) is 8.37. The van der Waals surface area contributed by atoms with Crippen LogP contribution in [0.4, 0.5) is 13.2 Å². The number of aliphatic hydroxyl groups excluding tert-OH is 2. The van der Waals surface area contributed by atoms with Crippen molar-refractivity contribution < 1.29 is 28.1 Å². The Labute approximate surface area is 105 Å². The van der Waals surface area contributed by atoms with E-state index in [-0.39, 0.29) is 12.8 Å². The third kappa shape index (κ3) is 7.55. The predicted octanol–water partition coefficient (Wildman–Crippen LogP) is 2.77. The first-order valence-corrected chi connectivity index (χ1v) is 6.00. The van der Waals surface area contributed by atoms with Crippen LogP contribution in [0.25, 0.3) is 0 Å². The monoisotopic (exact) mass is 270 g/mol.